The van der Waals surface area contributed by atoms with Crippen molar-refractivity contribution in [3.8, 4) is 5.75 Å². The summed E-state index contributed by atoms with van der Waals surface area (Å²) in [5.41, 5.74) is 3.38. The predicted molar refractivity (Wildman–Crippen MR) is 96.6 cm³/mol. The Kier molecular flexibility index (Phi) is 6.62. The lowest BCUT2D eigenvalue weighted by atomic mass is 9.72. The summed E-state index contributed by atoms with van der Waals surface area (Å²) in [4.78, 5) is 28.5. The molecule has 0 aromatic heterocycles. The Labute approximate surface area is 149 Å². The largest absolute Gasteiger partial charge is 0.497 e. The summed E-state index contributed by atoms with van der Waals surface area (Å²) in [5.74, 6) is 0.211. The second-order valence-electron chi connectivity index (χ2n) is 7.36. The quantitative estimate of drug-likeness (QED) is 0.649. The van der Waals surface area contributed by atoms with Crippen LogP contribution in [0.15, 0.2) is 30.3 Å². The van der Waals surface area contributed by atoms with Crippen LogP contribution in [0.1, 0.15) is 51.5 Å². The number of amides is 1. The molecule has 0 unspecified atom stereocenters. The van der Waals surface area contributed by atoms with E-state index >= 15 is 0 Å². The Bertz CT molecular complexity index is 626. The Hall–Kier alpha value is -2.30. The number of hydrogen-bond donors (Lipinski definition) is 1. The molecule has 1 amide bonds. The van der Waals surface area contributed by atoms with Crippen LogP contribution < -0.4 is 10.2 Å². The minimum absolute atomic E-state index is 0.352. The maximum absolute atomic E-state index is 11.9. The van der Waals surface area contributed by atoms with Gasteiger partial charge in [-0.05, 0) is 60.8 Å². The van der Waals surface area contributed by atoms with Crippen LogP contribution in [0.5, 0.6) is 5.75 Å². The second-order valence-corrected chi connectivity index (χ2v) is 7.36. The van der Waals surface area contributed by atoms with Crippen molar-refractivity contribution in [1.29, 1.82) is 0 Å². The van der Waals surface area contributed by atoms with E-state index in [4.69, 9.17) is 9.57 Å². The van der Waals surface area contributed by atoms with Gasteiger partial charge in [-0.15, -0.1) is 0 Å². The van der Waals surface area contributed by atoms with Gasteiger partial charge in [-0.1, -0.05) is 26.0 Å². The molecule has 0 atom stereocenters. The van der Waals surface area contributed by atoms with E-state index in [1.165, 1.54) is 6.08 Å². The highest BCUT2D eigenvalue weighted by Crippen LogP contribution is 2.39. The molecule has 2 rings (SSSR count). The third-order valence-electron chi connectivity index (χ3n) is 4.70. The van der Waals surface area contributed by atoms with Crippen molar-refractivity contribution >= 4 is 18.0 Å². The van der Waals surface area contributed by atoms with Crippen molar-refractivity contribution in [2.75, 3.05) is 7.11 Å². The highest BCUT2D eigenvalue weighted by molar-refractivity contribution is 5.91. The molecule has 1 aliphatic rings. The Balaban J connectivity index is 1.72. The van der Waals surface area contributed by atoms with Crippen molar-refractivity contribution in [2.24, 2.45) is 11.3 Å². The first-order valence-electron chi connectivity index (χ1n) is 8.70. The smallest absolute Gasteiger partial charge is 0.332 e. The van der Waals surface area contributed by atoms with Gasteiger partial charge in [0.1, 0.15) is 5.75 Å². The van der Waals surface area contributed by atoms with Gasteiger partial charge in [0.2, 0.25) is 0 Å². The number of carbonyl (C=O) groups is 2. The summed E-state index contributed by atoms with van der Waals surface area (Å²) < 4.78 is 5.12. The number of rotatable bonds is 5. The topological polar surface area (TPSA) is 64.6 Å². The zero-order chi connectivity index (χ0) is 18.3. The summed E-state index contributed by atoms with van der Waals surface area (Å²) in [6, 6.07) is 7.32. The van der Waals surface area contributed by atoms with Gasteiger partial charge in [-0.25, -0.2) is 4.79 Å². The highest BCUT2D eigenvalue weighted by Gasteiger charge is 2.28. The lowest BCUT2D eigenvalue weighted by Gasteiger charge is -2.33. The zero-order valence-corrected chi connectivity index (χ0v) is 15.2. The van der Waals surface area contributed by atoms with Crippen LogP contribution in [-0.4, -0.2) is 19.0 Å². The Morgan fingerprint density at radius 3 is 2.68 bits per heavy atom. The molecular weight excluding hydrogens is 318 g/mol. The molecule has 1 fully saturated rings. The predicted octanol–water partition coefficient (Wildman–Crippen LogP) is 3.89. The van der Waals surface area contributed by atoms with Gasteiger partial charge in [0.25, 0.3) is 5.91 Å². The van der Waals surface area contributed by atoms with E-state index in [2.05, 4.69) is 19.3 Å². The van der Waals surface area contributed by atoms with E-state index in [0.717, 1.165) is 31.2 Å². The molecule has 136 valence electrons. The number of methoxy groups -OCH3 is 1. The van der Waals surface area contributed by atoms with Gasteiger partial charge in [0, 0.05) is 6.08 Å². The third kappa shape index (κ3) is 6.61. The molecule has 0 heterocycles. The third-order valence-corrected chi connectivity index (χ3v) is 4.70. The summed E-state index contributed by atoms with van der Waals surface area (Å²) in [6.07, 6.45) is 7.63. The van der Waals surface area contributed by atoms with E-state index in [-0.39, 0.29) is 5.97 Å². The maximum atomic E-state index is 11.9. The molecular formula is C20H27NO4. The van der Waals surface area contributed by atoms with Gasteiger partial charge in [0.15, 0.2) is 0 Å². The van der Waals surface area contributed by atoms with Crippen LogP contribution in [0.2, 0.25) is 0 Å². The van der Waals surface area contributed by atoms with Crippen LogP contribution in [-0.2, 0) is 14.4 Å². The fourth-order valence-electron chi connectivity index (χ4n) is 3.00. The van der Waals surface area contributed by atoms with Crippen molar-refractivity contribution in [2.45, 2.75) is 46.0 Å². The lowest BCUT2D eigenvalue weighted by molar-refractivity contribution is -0.157. The van der Waals surface area contributed by atoms with E-state index < -0.39 is 5.91 Å². The standard InChI is InChI=1S/C20H27NO4/c1-20(2)11-9-16(10-12-20)14-19(23)25-21-18(22)8-7-15-5-4-6-17(13-15)24-3/h4-8,13,16H,9-12,14H2,1-3H3,(H,21,22). The molecule has 1 saturated carbocycles. The average Bonchev–Trinajstić information content (AvgIpc) is 2.60. The number of ether oxygens (including phenoxy) is 1. The molecule has 1 aliphatic carbocycles. The first-order valence-corrected chi connectivity index (χ1v) is 8.70. The van der Waals surface area contributed by atoms with Crippen LogP contribution in [0.4, 0.5) is 0 Å². The zero-order valence-electron chi connectivity index (χ0n) is 15.2. The summed E-state index contributed by atoms with van der Waals surface area (Å²) in [6.45, 7) is 4.52. The fourth-order valence-corrected chi connectivity index (χ4v) is 3.00. The minimum atomic E-state index is -0.471. The Morgan fingerprint density at radius 2 is 2.00 bits per heavy atom. The molecule has 0 saturated heterocycles. The molecule has 5 nitrogen and oxygen atoms in total. The van der Waals surface area contributed by atoms with E-state index in [1.54, 1.807) is 19.3 Å². The van der Waals surface area contributed by atoms with E-state index in [9.17, 15) is 9.59 Å². The maximum Gasteiger partial charge on any atom is 0.332 e. The monoisotopic (exact) mass is 345 g/mol. The van der Waals surface area contributed by atoms with E-state index in [1.807, 2.05) is 18.2 Å². The fraction of sp³-hybridized carbons (Fsp3) is 0.500. The van der Waals surface area contributed by atoms with Crippen LogP contribution in [0, 0.1) is 11.3 Å². The van der Waals surface area contributed by atoms with E-state index in [0.29, 0.717) is 23.5 Å². The van der Waals surface area contributed by atoms with Gasteiger partial charge < -0.3 is 9.57 Å². The van der Waals surface area contributed by atoms with Gasteiger partial charge in [-0.2, -0.15) is 5.48 Å². The van der Waals surface area contributed by atoms with Crippen molar-refractivity contribution < 1.29 is 19.2 Å². The number of benzene rings is 1. The van der Waals surface area contributed by atoms with Crippen LogP contribution in [0.25, 0.3) is 6.08 Å². The number of nitrogens with one attached hydrogen (secondary N) is 1. The van der Waals surface area contributed by atoms with Crippen molar-refractivity contribution in [3.63, 3.8) is 0 Å². The molecule has 5 heteroatoms. The first kappa shape index (κ1) is 19.0. The SMILES string of the molecule is COc1cccc(C=CC(=O)NOC(=O)CC2CCC(C)(C)CC2)c1. The number of hydroxylamine groups is 1. The van der Waals surface area contributed by atoms with Gasteiger partial charge >= 0.3 is 5.97 Å². The molecule has 1 aromatic carbocycles. The molecule has 1 N–H and O–H groups in total. The minimum Gasteiger partial charge on any atom is -0.497 e. The molecule has 0 bridgehead atoms. The van der Waals surface area contributed by atoms with Crippen LogP contribution >= 0.6 is 0 Å². The van der Waals surface area contributed by atoms with Crippen molar-refractivity contribution in [1.82, 2.24) is 5.48 Å². The molecule has 1 aromatic rings. The highest BCUT2D eigenvalue weighted by atomic mass is 16.7. The van der Waals surface area contributed by atoms with Crippen LogP contribution in [0.3, 0.4) is 0 Å². The van der Waals surface area contributed by atoms with Gasteiger partial charge in [0.05, 0.1) is 13.5 Å². The molecule has 0 aliphatic heterocycles. The Morgan fingerprint density at radius 1 is 1.28 bits per heavy atom. The number of carbonyl (C=O) groups excluding carboxylic acids is 2. The first-order chi connectivity index (χ1) is 11.9. The summed E-state index contributed by atoms with van der Waals surface area (Å²) >= 11 is 0. The molecule has 0 spiro atoms. The van der Waals surface area contributed by atoms with Gasteiger partial charge in [-0.3, -0.25) is 4.79 Å². The second kappa shape index (κ2) is 8.70. The van der Waals surface area contributed by atoms with Crippen molar-refractivity contribution in [3.05, 3.63) is 35.9 Å². The lowest BCUT2D eigenvalue weighted by Crippen LogP contribution is -2.28. The summed E-state index contributed by atoms with van der Waals surface area (Å²) in [5, 5.41) is 0. The normalized spacial score (nSPS) is 17.2. The summed E-state index contributed by atoms with van der Waals surface area (Å²) in [7, 11) is 1.59. The molecule has 0 radical (unpaired) electrons. The molecule has 25 heavy (non-hydrogen) atoms. The number of hydrogen-bond acceptors (Lipinski definition) is 4. The average molecular weight is 345 g/mol.